The number of hydrogen-bond acceptors (Lipinski definition) is 7. The Labute approximate surface area is 102 Å². The van der Waals surface area contributed by atoms with Crippen molar-refractivity contribution < 1.29 is 4.63 Å². The Bertz CT molecular complexity index is 666. The first-order valence-electron chi connectivity index (χ1n) is 5.36. The number of rotatable bonds is 3. The Morgan fingerprint density at radius 3 is 2.56 bits per heavy atom. The fourth-order valence-corrected chi connectivity index (χ4v) is 1.56. The van der Waals surface area contributed by atoms with E-state index in [0.717, 1.165) is 5.56 Å². The first-order chi connectivity index (χ1) is 8.83. The Morgan fingerprint density at radius 1 is 1.06 bits per heavy atom. The molecule has 3 rings (SSSR count). The van der Waals surface area contributed by atoms with Gasteiger partial charge < -0.3 is 11.1 Å². The summed E-state index contributed by atoms with van der Waals surface area (Å²) in [6, 6.07) is 9.91. The van der Waals surface area contributed by atoms with Gasteiger partial charge in [-0.2, -0.15) is 0 Å². The van der Waals surface area contributed by atoms with E-state index in [-0.39, 0.29) is 5.82 Å². The number of nitrogen functional groups attached to an aromatic ring is 1. The van der Waals surface area contributed by atoms with E-state index in [0.29, 0.717) is 23.7 Å². The molecule has 0 aliphatic rings. The molecule has 0 fully saturated rings. The topological polar surface area (TPSA) is 103 Å². The fraction of sp³-hybridized carbons (Fsp3) is 0.0909. The van der Waals surface area contributed by atoms with Gasteiger partial charge in [0.05, 0.1) is 0 Å². The maximum atomic E-state index is 5.76. The number of anilines is 2. The fourth-order valence-electron chi connectivity index (χ4n) is 1.56. The highest BCUT2D eigenvalue weighted by Crippen LogP contribution is 2.16. The first-order valence-corrected chi connectivity index (χ1v) is 5.36. The zero-order valence-corrected chi connectivity index (χ0v) is 9.37. The molecule has 0 bridgehead atoms. The first kappa shape index (κ1) is 10.5. The third-order valence-corrected chi connectivity index (χ3v) is 2.44. The van der Waals surface area contributed by atoms with E-state index in [4.69, 9.17) is 5.73 Å². The van der Waals surface area contributed by atoms with E-state index in [1.807, 2.05) is 30.3 Å². The van der Waals surface area contributed by atoms with Crippen LogP contribution in [0.25, 0.3) is 11.3 Å². The van der Waals surface area contributed by atoms with Crippen LogP contribution in [0.4, 0.5) is 11.6 Å². The van der Waals surface area contributed by atoms with Crippen LogP contribution in [0.2, 0.25) is 0 Å². The molecule has 0 atom stereocenters. The molecule has 90 valence electrons. The number of nitrogens with one attached hydrogen (secondary N) is 1. The van der Waals surface area contributed by atoms with Crippen LogP contribution >= 0.6 is 0 Å². The van der Waals surface area contributed by atoms with Gasteiger partial charge in [-0.1, -0.05) is 30.3 Å². The summed E-state index contributed by atoms with van der Waals surface area (Å²) < 4.78 is 4.53. The molecular weight excluding hydrogens is 232 g/mol. The van der Waals surface area contributed by atoms with Crippen LogP contribution in [0.5, 0.6) is 0 Å². The lowest BCUT2D eigenvalue weighted by Gasteiger charge is -2.06. The minimum absolute atomic E-state index is 0.272. The van der Waals surface area contributed by atoms with E-state index in [1.54, 1.807) is 0 Å². The molecule has 0 amide bonds. The second-order valence-corrected chi connectivity index (χ2v) is 3.71. The van der Waals surface area contributed by atoms with Gasteiger partial charge in [-0.3, -0.25) is 0 Å². The molecule has 0 unspecified atom stereocenters. The van der Waals surface area contributed by atoms with Crippen LogP contribution in [-0.2, 0) is 6.54 Å². The van der Waals surface area contributed by atoms with Crippen LogP contribution in [0.15, 0.2) is 35.0 Å². The van der Waals surface area contributed by atoms with Gasteiger partial charge in [-0.15, -0.1) is 0 Å². The van der Waals surface area contributed by atoms with Crippen molar-refractivity contribution >= 4 is 22.9 Å². The van der Waals surface area contributed by atoms with Crippen molar-refractivity contribution in [3.63, 3.8) is 0 Å². The average molecular weight is 242 g/mol. The third kappa shape index (κ3) is 1.93. The Balaban J connectivity index is 1.84. The minimum Gasteiger partial charge on any atom is -0.381 e. The summed E-state index contributed by atoms with van der Waals surface area (Å²) in [4.78, 5) is 8.22. The zero-order valence-electron chi connectivity index (χ0n) is 9.37. The van der Waals surface area contributed by atoms with E-state index < -0.39 is 0 Å². The van der Waals surface area contributed by atoms with Gasteiger partial charge in [0.1, 0.15) is 0 Å². The molecule has 2 heterocycles. The third-order valence-electron chi connectivity index (χ3n) is 2.44. The zero-order chi connectivity index (χ0) is 12.4. The second kappa shape index (κ2) is 4.28. The molecule has 18 heavy (non-hydrogen) atoms. The van der Waals surface area contributed by atoms with Gasteiger partial charge >= 0.3 is 0 Å². The Morgan fingerprint density at radius 2 is 1.78 bits per heavy atom. The van der Waals surface area contributed by atoms with E-state index >= 15 is 0 Å². The van der Waals surface area contributed by atoms with Crippen molar-refractivity contribution in [1.82, 2.24) is 20.3 Å². The van der Waals surface area contributed by atoms with Crippen LogP contribution in [0, 0.1) is 0 Å². The lowest BCUT2D eigenvalue weighted by atomic mass is 10.2. The van der Waals surface area contributed by atoms with E-state index in [9.17, 15) is 0 Å². The Hall–Kier alpha value is -2.70. The number of benzene rings is 1. The molecule has 0 spiro atoms. The average Bonchev–Trinajstić information content (AvgIpc) is 2.84. The van der Waals surface area contributed by atoms with Crippen molar-refractivity contribution in [3.8, 4) is 0 Å². The van der Waals surface area contributed by atoms with Crippen LogP contribution in [0.1, 0.15) is 5.56 Å². The number of nitrogens with zero attached hydrogens (tertiary/aromatic N) is 4. The summed E-state index contributed by atoms with van der Waals surface area (Å²) in [5.74, 6) is 0.746. The predicted octanol–water partition coefficient (Wildman–Crippen LogP) is 1.21. The lowest BCUT2D eigenvalue weighted by molar-refractivity contribution is 0.314. The van der Waals surface area contributed by atoms with Crippen molar-refractivity contribution in [2.24, 2.45) is 0 Å². The predicted molar refractivity (Wildman–Crippen MR) is 65.6 cm³/mol. The quantitative estimate of drug-likeness (QED) is 0.711. The molecular formula is C11H10N6O. The molecule has 7 heteroatoms. The van der Waals surface area contributed by atoms with E-state index in [2.05, 4.69) is 30.2 Å². The maximum Gasteiger partial charge on any atom is 0.245 e. The molecule has 0 radical (unpaired) electrons. The number of nitrogens with two attached hydrogens (primary N) is 1. The number of hydrogen-bond donors (Lipinski definition) is 2. The molecule has 3 aromatic rings. The summed E-state index contributed by atoms with van der Waals surface area (Å²) in [5, 5.41) is 10.3. The van der Waals surface area contributed by atoms with E-state index in [1.165, 1.54) is 0 Å². The summed E-state index contributed by atoms with van der Waals surface area (Å²) in [6.07, 6.45) is 0. The van der Waals surface area contributed by atoms with Crippen molar-refractivity contribution in [2.45, 2.75) is 6.54 Å². The maximum absolute atomic E-state index is 5.76. The number of fused-ring (bicyclic) bond motifs is 1. The largest absolute Gasteiger partial charge is 0.381 e. The molecule has 7 nitrogen and oxygen atoms in total. The van der Waals surface area contributed by atoms with Crippen LogP contribution in [0.3, 0.4) is 0 Å². The van der Waals surface area contributed by atoms with Crippen LogP contribution in [-0.4, -0.2) is 20.3 Å². The van der Waals surface area contributed by atoms with Gasteiger partial charge in [0.25, 0.3) is 0 Å². The molecule has 2 aromatic heterocycles. The SMILES string of the molecule is Nc1nc2nonc2nc1NCc1ccccc1. The highest BCUT2D eigenvalue weighted by molar-refractivity contribution is 5.71. The monoisotopic (exact) mass is 242 g/mol. The standard InChI is InChI=1S/C11H10N6O/c12-8-9(13-6-7-4-2-1-3-5-7)15-11-10(14-8)16-18-17-11/h1-5H,6H2,(H2,12,14,16)(H,13,15,17). The normalized spacial score (nSPS) is 10.7. The van der Waals surface area contributed by atoms with Crippen molar-refractivity contribution in [3.05, 3.63) is 35.9 Å². The summed E-state index contributed by atoms with van der Waals surface area (Å²) in [6.45, 7) is 0.608. The van der Waals surface area contributed by atoms with Gasteiger partial charge in [-0.05, 0) is 15.9 Å². The molecule has 0 saturated heterocycles. The Kier molecular flexibility index (Phi) is 2.49. The highest BCUT2D eigenvalue weighted by Gasteiger charge is 2.09. The van der Waals surface area contributed by atoms with Crippen molar-refractivity contribution in [1.29, 1.82) is 0 Å². The minimum atomic E-state index is 0.272. The highest BCUT2D eigenvalue weighted by atomic mass is 16.6. The molecule has 0 aliphatic heterocycles. The summed E-state index contributed by atoms with van der Waals surface area (Å²) in [7, 11) is 0. The molecule has 1 aromatic carbocycles. The lowest BCUT2D eigenvalue weighted by Crippen LogP contribution is -2.06. The number of aromatic nitrogens is 4. The van der Waals surface area contributed by atoms with Gasteiger partial charge in [0, 0.05) is 6.54 Å². The molecule has 0 saturated carbocycles. The van der Waals surface area contributed by atoms with Crippen LogP contribution < -0.4 is 11.1 Å². The summed E-state index contributed by atoms with van der Waals surface area (Å²) in [5.41, 5.74) is 7.52. The van der Waals surface area contributed by atoms with Gasteiger partial charge in [-0.25, -0.2) is 14.6 Å². The van der Waals surface area contributed by atoms with Gasteiger partial charge in [0.15, 0.2) is 11.6 Å². The smallest absolute Gasteiger partial charge is 0.245 e. The van der Waals surface area contributed by atoms with Crippen molar-refractivity contribution in [2.75, 3.05) is 11.1 Å². The van der Waals surface area contributed by atoms with Gasteiger partial charge in [0.2, 0.25) is 11.3 Å². The molecule has 0 aliphatic carbocycles. The summed E-state index contributed by atoms with van der Waals surface area (Å²) >= 11 is 0. The molecule has 3 N–H and O–H groups in total. The second-order valence-electron chi connectivity index (χ2n) is 3.71.